The SMILES string of the molecule is NCCN(CCc1ccccc1)CC(=O)Nc1ccc(Cl)cc1[N+](=O)[O-]. The van der Waals surface area contributed by atoms with E-state index in [1.165, 1.54) is 23.8 Å². The molecule has 0 aromatic heterocycles. The lowest BCUT2D eigenvalue weighted by Crippen LogP contribution is -2.38. The fourth-order valence-electron chi connectivity index (χ4n) is 2.54. The van der Waals surface area contributed by atoms with E-state index in [2.05, 4.69) is 5.32 Å². The molecular weight excluding hydrogens is 356 g/mol. The Kier molecular flexibility index (Phi) is 7.53. The number of amides is 1. The Morgan fingerprint density at radius 1 is 1.19 bits per heavy atom. The molecule has 0 heterocycles. The van der Waals surface area contributed by atoms with Crippen molar-refractivity contribution in [2.24, 2.45) is 5.73 Å². The van der Waals surface area contributed by atoms with Gasteiger partial charge in [-0.05, 0) is 24.1 Å². The molecule has 7 nitrogen and oxygen atoms in total. The van der Waals surface area contributed by atoms with E-state index in [4.69, 9.17) is 17.3 Å². The van der Waals surface area contributed by atoms with E-state index in [9.17, 15) is 14.9 Å². The van der Waals surface area contributed by atoms with Gasteiger partial charge in [0, 0.05) is 30.7 Å². The van der Waals surface area contributed by atoms with Crippen LogP contribution in [0.25, 0.3) is 0 Å². The van der Waals surface area contributed by atoms with Gasteiger partial charge < -0.3 is 11.1 Å². The predicted octanol–water partition coefficient (Wildman–Crippen LogP) is 2.69. The third-order valence-electron chi connectivity index (χ3n) is 3.80. The van der Waals surface area contributed by atoms with Crippen molar-refractivity contribution in [1.29, 1.82) is 0 Å². The van der Waals surface area contributed by atoms with Crippen LogP contribution in [0.15, 0.2) is 48.5 Å². The number of hydrogen-bond acceptors (Lipinski definition) is 5. The molecule has 0 atom stereocenters. The zero-order chi connectivity index (χ0) is 18.9. The quantitative estimate of drug-likeness (QED) is 0.517. The minimum Gasteiger partial charge on any atom is -0.329 e. The van der Waals surface area contributed by atoms with Crippen molar-refractivity contribution in [3.05, 3.63) is 69.2 Å². The van der Waals surface area contributed by atoms with Crippen molar-refractivity contribution in [1.82, 2.24) is 4.90 Å². The molecule has 2 aromatic carbocycles. The molecule has 2 aromatic rings. The van der Waals surface area contributed by atoms with E-state index >= 15 is 0 Å². The van der Waals surface area contributed by atoms with Gasteiger partial charge >= 0.3 is 0 Å². The zero-order valence-electron chi connectivity index (χ0n) is 14.2. The predicted molar refractivity (Wildman–Crippen MR) is 102 cm³/mol. The molecule has 0 unspecified atom stereocenters. The number of anilines is 1. The van der Waals surface area contributed by atoms with Crippen molar-refractivity contribution >= 4 is 28.9 Å². The molecule has 26 heavy (non-hydrogen) atoms. The summed E-state index contributed by atoms with van der Waals surface area (Å²) in [7, 11) is 0. The number of hydrogen-bond donors (Lipinski definition) is 2. The molecule has 1 amide bonds. The van der Waals surface area contributed by atoms with Crippen molar-refractivity contribution in [2.75, 3.05) is 31.5 Å². The summed E-state index contributed by atoms with van der Waals surface area (Å²) in [5.41, 5.74) is 6.69. The normalized spacial score (nSPS) is 10.7. The van der Waals surface area contributed by atoms with E-state index in [1.807, 2.05) is 35.2 Å². The van der Waals surface area contributed by atoms with Gasteiger partial charge in [0.1, 0.15) is 5.69 Å². The Labute approximate surface area is 156 Å². The number of carbonyl (C=O) groups is 1. The molecule has 0 radical (unpaired) electrons. The Morgan fingerprint density at radius 3 is 2.58 bits per heavy atom. The number of benzene rings is 2. The van der Waals surface area contributed by atoms with Crippen LogP contribution >= 0.6 is 11.6 Å². The molecule has 0 spiro atoms. The number of nitrogens with zero attached hydrogens (tertiary/aromatic N) is 2. The van der Waals surface area contributed by atoms with Gasteiger partial charge in [0.15, 0.2) is 0 Å². The second-order valence-corrected chi connectivity index (χ2v) is 6.20. The Morgan fingerprint density at radius 2 is 1.92 bits per heavy atom. The van der Waals surface area contributed by atoms with Crippen molar-refractivity contribution < 1.29 is 9.72 Å². The fourth-order valence-corrected chi connectivity index (χ4v) is 2.71. The maximum absolute atomic E-state index is 12.3. The minimum absolute atomic E-state index is 0.101. The first-order valence-corrected chi connectivity index (χ1v) is 8.57. The maximum Gasteiger partial charge on any atom is 0.294 e. The Hall–Kier alpha value is -2.48. The number of nitro benzene ring substituents is 1. The molecule has 0 aliphatic carbocycles. The molecule has 0 saturated heterocycles. The molecule has 8 heteroatoms. The lowest BCUT2D eigenvalue weighted by atomic mass is 10.1. The van der Waals surface area contributed by atoms with Gasteiger partial charge in [0.05, 0.1) is 11.5 Å². The first-order valence-electron chi connectivity index (χ1n) is 8.19. The summed E-state index contributed by atoms with van der Waals surface area (Å²) in [6.07, 6.45) is 0.787. The molecule has 2 rings (SSSR count). The second kappa shape index (κ2) is 9.86. The second-order valence-electron chi connectivity index (χ2n) is 5.77. The van der Waals surface area contributed by atoms with Crippen LogP contribution in [0, 0.1) is 10.1 Å². The van der Waals surface area contributed by atoms with Crippen LogP contribution in [0.1, 0.15) is 5.56 Å². The van der Waals surface area contributed by atoms with E-state index in [-0.39, 0.29) is 28.8 Å². The smallest absolute Gasteiger partial charge is 0.294 e. The van der Waals surface area contributed by atoms with Gasteiger partial charge in [-0.2, -0.15) is 0 Å². The lowest BCUT2D eigenvalue weighted by Gasteiger charge is -2.21. The molecule has 0 aliphatic heterocycles. The van der Waals surface area contributed by atoms with Crippen molar-refractivity contribution in [3.8, 4) is 0 Å². The molecule has 0 bridgehead atoms. The monoisotopic (exact) mass is 376 g/mol. The summed E-state index contributed by atoms with van der Waals surface area (Å²) < 4.78 is 0. The number of rotatable bonds is 9. The van der Waals surface area contributed by atoms with Gasteiger partial charge in [-0.3, -0.25) is 19.8 Å². The van der Waals surface area contributed by atoms with E-state index < -0.39 is 4.92 Å². The summed E-state index contributed by atoms with van der Waals surface area (Å²) in [4.78, 5) is 24.8. The number of nitro groups is 1. The molecular formula is C18H21ClN4O3. The molecule has 0 saturated carbocycles. The van der Waals surface area contributed by atoms with Gasteiger partial charge in [0.25, 0.3) is 5.69 Å². The van der Waals surface area contributed by atoms with Gasteiger partial charge in [0.2, 0.25) is 5.91 Å². The van der Waals surface area contributed by atoms with Crippen molar-refractivity contribution in [3.63, 3.8) is 0 Å². The summed E-state index contributed by atoms with van der Waals surface area (Å²) in [6, 6.07) is 14.1. The standard InChI is InChI=1S/C18H21ClN4O3/c19-15-6-7-16(17(12-15)23(25)26)21-18(24)13-22(11-9-20)10-8-14-4-2-1-3-5-14/h1-7,12H,8-11,13,20H2,(H,21,24). The average molecular weight is 377 g/mol. The largest absolute Gasteiger partial charge is 0.329 e. The van der Waals surface area contributed by atoms with E-state index in [0.717, 1.165) is 6.42 Å². The van der Waals surface area contributed by atoms with Crippen molar-refractivity contribution in [2.45, 2.75) is 6.42 Å². The van der Waals surface area contributed by atoms with Crippen LogP contribution in [0.5, 0.6) is 0 Å². The molecule has 138 valence electrons. The summed E-state index contributed by atoms with van der Waals surface area (Å²) in [5, 5.41) is 13.9. The average Bonchev–Trinajstić information content (AvgIpc) is 2.62. The maximum atomic E-state index is 12.3. The van der Waals surface area contributed by atoms with Gasteiger partial charge in [-0.1, -0.05) is 41.9 Å². The van der Waals surface area contributed by atoms with Crippen LogP contribution in [0.4, 0.5) is 11.4 Å². The van der Waals surface area contributed by atoms with Crippen LogP contribution in [0.3, 0.4) is 0 Å². The van der Waals surface area contributed by atoms with E-state index in [0.29, 0.717) is 19.6 Å². The summed E-state index contributed by atoms with van der Waals surface area (Å²) in [6.45, 7) is 1.74. The third kappa shape index (κ3) is 6.11. The molecule has 0 fully saturated rings. The zero-order valence-corrected chi connectivity index (χ0v) is 15.0. The highest BCUT2D eigenvalue weighted by Gasteiger charge is 2.18. The lowest BCUT2D eigenvalue weighted by molar-refractivity contribution is -0.383. The van der Waals surface area contributed by atoms with E-state index in [1.54, 1.807) is 0 Å². The highest BCUT2D eigenvalue weighted by atomic mass is 35.5. The number of halogens is 1. The highest BCUT2D eigenvalue weighted by molar-refractivity contribution is 6.31. The van der Waals surface area contributed by atoms with Crippen LogP contribution in [-0.2, 0) is 11.2 Å². The summed E-state index contributed by atoms with van der Waals surface area (Å²) in [5.74, 6) is -0.336. The Balaban J connectivity index is 1.98. The van der Waals surface area contributed by atoms with Crippen LogP contribution in [-0.4, -0.2) is 41.9 Å². The third-order valence-corrected chi connectivity index (χ3v) is 4.04. The molecule has 0 aliphatic rings. The highest BCUT2D eigenvalue weighted by Crippen LogP contribution is 2.27. The summed E-state index contributed by atoms with van der Waals surface area (Å²) >= 11 is 5.78. The van der Waals surface area contributed by atoms with Gasteiger partial charge in [-0.25, -0.2) is 0 Å². The van der Waals surface area contributed by atoms with Gasteiger partial charge in [-0.15, -0.1) is 0 Å². The van der Waals surface area contributed by atoms with Crippen LogP contribution < -0.4 is 11.1 Å². The minimum atomic E-state index is -0.575. The molecule has 3 N–H and O–H groups in total. The topological polar surface area (TPSA) is 102 Å². The fraction of sp³-hybridized carbons (Fsp3) is 0.278. The van der Waals surface area contributed by atoms with Crippen LogP contribution in [0.2, 0.25) is 5.02 Å². The first kappa shape index (κ1) is 19.8. The number of nitrogens with two attached hydrogens (primary N) is 1. The Bertz CT molecular complexity index is 755. The number of carbonyl (C=O) groups excluding carboxylic acids is 1. The number of nitrogens with one attached hydrogen (secondary N) is 1. The first-order chi connectivity index (χ1) is 12.5.